The van der Waals surface area contributed by atoms with E-state index in [0.717, 1.165) is 4.90 Å². The highest BCUT2D eigenvalue weighted by atomic mass is 16.5. The summed E-state index contributed by atoms with van der Waals surface area (Å²) in [6.45, 7) is 1.15. The predicted octanol–water partition coefficient (Wildman–Crippen LogP) is 3.90. The van der Waals surface area contributed by atoms with Gasteiger partial charge < -0.3 is 24.8 Å². The van der Waals surface area contributed by atoms with Crippen molar-refractivity contribution >= 4 is 23.5 Å². The number of methoxy groups -OCH3 is 2. The number of benzene rings is 3. The van der Waals surface area contributed by atoms with Crippen molar-refractivity contribution in [2.75, 3.05) is 26.1 Å². The van der Waals surface area contributed by atoms with Crippen molar-refractivity contribution in [2.45, 2.75) is 12.5 Å². The molecule has 0 aromatic heterocycles. The molecule has 9 nitrogen and oxygen atoms in total. The molecule has 0 spiro atoms. The van der Waals surface area contributed by atoms with Gasteiger partial charge in [0.15, 0.2) is 11.5 Å². The first-order chi connectivity index (χ1) is 16.8. The molecule has 4 amide bonds. The molecule has 1 fully saturated rings. The Bertz CT molecular complexity index is 1250. The third kappa shape index (κ3) is 4.89. The second-order valence-electron chi connectivity index (χ2n) is 8.00. The molecule has 1 heterocycles. The number of hydrogen-bond acceptors (Lipinski definition) is 6. The van der Waals surface area contributed by atoms with Crippen LogP contribution in [0.3, 0.4) is 0 Å². The number of carbonyl (C=O) groups is 3. The number of para-hydroxylation sites is 1. The van der Waals surface area contributed by atoms with Crippen LogP contribution in [0.4, 0.5) is 10.5 Å². The lowest BCUT2D eigenvalue weighted by Gasteiger charge is -2.23. The van der Waals surface area contributed by atoms with Gasteiger partial charge >= 0.3 is 6.03 Å². The SMILES string of the molecule is COc1ccc(C2(C)NC(=O)N(CC(=O)Nc3ccc(Oc4ccccc4)cc3)C2=O)cc1OC. The lowest BCUT2D eigenvalue weighted by molar-refractivity contribution is -0.133. The second kappa shape index (κ2) is 9.76. The number of anilines is 1. The van der Waals surface area contributed by atoms with E-state index in [-0.39, 0.29) is 0 Å². The summed E-state index contributed by atoms with van der Waals surface area (Å²) in [5, 5.41) is 5.38. The van der Waals surface area contributed by atoms with Crippen molar-refractivity contribution < 1.29 is 28.6 Å². The average molecular weight is 476 g/mol. The predicted molar refractivity (Wildman–Crippen MR) is 129 cm³/mol. The molecule has 0 aliphatic carbocycles. The van der Waals surface area contributed by atoms with Gasteiger partial charge in [-0.3, -0.25) is 14.5 Å². The average Bonchev–Trinajstić information content (AvgIpc) is 3.09. The van der Waals surface area contributed by atoms with Crippen LogP contribution in [0.5, 0.6) is 23.0 Å². The van der Waals surface area contributed by atoms with Gasteiger partial charge in [-0.05, 0) is 61.0 Å². The Balaban J connectivity index is 1.41. The number of hydrogen-bond donors (Lipinski definition) is 2. The molecule has 3 aromatic carbocycles. The van der Waals surface area contributed by atoms with Crippen molar-refractivity contribution in [2.24, 2.45) is 0 Å². The number of carbonyl (C=O) groups excluding carboxylic acids is 3. The van der Waals surface area contributed by atoms with Crippen LogP contribution >= 0.6 is 0 Å². The van der Waals surface area contributed by atoms with Gasteiger partial charge in [0.1, 0.15) is 23.6 Å². The number of urea groups is 1. The van der Waals surface area contributed by atoms with Crippen molar-refractivity contribution in [3.63, 3.8) is 0 Å². The Morgan fingerprint density at radius 1 is 0.914 bits per heavy atom. The molecular formula is C26H25N3O6. The summed E-state index contributed by atoms with van der Waals surface area (Å²) in [5.74, 6) is 1.16. The van der Waals surface area contributed by atoms with Crippen LogP contribution in [0.2, 0.25) is 0 Å². The Morgan fingerprint density at radius 3 is 2.23 bits per heavy atom. The first kappa shape index (κ1) is 23.6. The first-order valence-electron chi connectivity index (χ1n) is 10.8. The largest absolute Gasteiger partial charge is 0.493 e. The molecule has 180 valence electrons. The van der Waals surface area contributed by atoms with E-state index < -0.39 is 29.9 Å². The van der Waals surface area contributed by atoms with Crippen LogP contribution in [0.15, 0.2) is 72.8 Å². The maximum Gasteiger partial charge on any atom is 0.325 e. The lowest BCUT2D eigenvalue weighted by atomic mass is 9.91. The summed E-state index contributed by atoms with van der Waals surface area (Å²) >= 11 is 0. The maximum absolute atomic E-state index is 13.2. The topological polar surface area (TPSA) is 106 Å². The molecule has 1 aliphatic heterocycles. The Labute approximate surface area is 202 Å². The van der Waals surface area contributed by atoms with E-state index in [1.807, 2.05) is 30.3 Å². The molecule has 4 rings (SSSR count). The number of nitrogens with zero attached hydrogens (tertiary/aromatic N) is 1. The fourth-order valence-corrected chi connectivity index (χ4v) is 3.76. The molecule has 9 heteroatoms. The van der Waals surface area contributed by atoms with Gasteiger partial charge in [-0.2, -0.15) is 0 Å². The van der Waals surface area contributed by atoms with Crippen molar-refractivity contribution in [3.8, 4) is 23.0 Å². The molecule has 0 bridgehead atoms. The zero-order valence-corrected chi connectivity index (χ0v) is 19.5. The van der Waals surface area contributed by atoms with Crippen molar-refractivity contribution in [1.82, 2.24) is 10.2 Å². The zero-order valence-electron chi connectivity index (χ0n) is 19.5. The number of imide groups is 1. The zero-order chi connectivity index (χ0) is 25.0. The molecule has 2 N–H and O–H groups in total. The minimum absolute atomic E-state index is 0.421. The normalized spacial score (nSPS) is 17.1. The van der Waals surface area contributed by atoms with E-state index in [4.69, 9.17) is 14.2 Å². The third-order valence-electron chi connectivity index (χ3n) is 5.65. The standard InChI is InChI=1S/C26H25N3O6/c1-26(17-9-14-21(33-2)22(15-17)34-3)24(31)29(25(32)28-26)16-23(30)27-18-10-12-20(13-11-18)35-19-7-5-4-6-8-19/h4-15H,16H2,1-3H3,(H,27,30)(H,28,32). The minimum Gasteiger partial charge on any atom is -0.493 e. The molecule has 35 heavy (non-hydrogen) atoms. The van der Waals surface area contributed by atoms with Crippen LogP contribution in [-0.2, 0) is 15.1 Å². The highest BCUT2D eigenvalue weighted by Crippen LogP contribution is 2.35. The number of amides is 4. The van der Waals surface area contributed by atoms with Crippen LogP contribution in [0, 0.1) is 0 Å². The summed E-state index contributed by atoms with van der Waals surface area (Å²) in [4.78, 5) is 39.3. The van der Waals surface area contributed by atoms with E-state index in [0.29, 0.717) is 34.2 Å². The summed E-state index contributed by atoms with van der Waals surface area (Å²) < 4.78 is 16.3. The molecule has 1 aliphatic rings. The Hall–Kier alpha value is -4.53. The fourth-order valence-electron chi connectivity index (χ4n) is 3.76. The van der Waals surface area contributed by atoms with Crippen LogP contribution in [0.25, 0.3) is 0 Å². The van der Waals surface area contributed by atoms with E-state index in [2.05, 4.69) is 10.6 Å². The summed E-state index contributed by atoms with van der Waals surface area (Å²) in [6.07, 6.45) is 0. The smallest absolute Gasteiger partial charge is 0.325 e. The van der Waals surface area contributed by atoms with Gasteiger partial charge in [0.25, 0.3) is 5.91 Å². The Morgan fingerprint density at radius 2 is 1.57 bits per heavy atom. The second-order valence-corrected chi connectivity index (χ2v) is 8.00. The fraction of sp³-hybridized carbons (Fsp3) is 0.192. The van der Waals surface area contributed by atoms with Gasteiger partial charge in [-0.15, -0.1) is 0 Å². The van der Waals surface area contributed by atoms with Crippen LogP contribution in [-0.4, -0.2) is 43.5 Å². The molecule has 1 unspecified atom stereocenters. The van der Waals surface area contributed by atoms with E-state index in [1.54, 1.807) is 49.4 Å². The van der Waals surface area contributed by atoms with Crippen LogP contribution in [0.1, 0.15) is 12.5 Å². The van der Waals surface area contributed by atoms with Gasteiger partial charge in [0, 0.05) is 5.69 Å². The van der Waals surface area contributed by atoms with Gasteiger partial charge in [0.05, 0.1) is 14.2 Å². The quantitative estimate of drug-likeness (QED) is 0.479. The van der Waals surface area contributed by atoms with Crippen molar-refractivity contribution in [1.29, 1.82) is 0 Å². The molecule has 0 saturated carbocycles. The summed E-state index contributed by atoms with van der Waals surface area (Å²) in [7, 11) is 2.99. The molecule has 1 saturated heterocycles. The van der Waals surface area contributed by atoms with Gasteiger partial charge in [0.2, 0.25) is 5.91 Å². The highest BCUT2D eigenvalue weighted by molar-refractivity contribution is 6.10. The third-order valence-corrected chi connectivity index (χ3v) is 5.65. The highest BCUT2D eigenvalue weighted by Gasteiger charge is 2.49. The van der Waals surface area contributed by atoms with Crippen molar-refractivity contribution in [3.05, 3.63) is 78.4 Å². The van der Waals surface area contributed by atoms with Crippen LogP contribution < -0.4 is 24.8 Å². The van der Waals surface area contributed by atoms with Gasteiger partial charge in [-0.1, -0.05) is 24.3 Å². The number of rotatable bonds is 8. The summed E-state index contributed by atoms with van der Waals surface area (Å²) in [6, 6.07) is 20.4. The van der Waals surface area contributed by atoms with Gasteiger partial charge in [-0.25, -0.2) is 4.79 Å². The van der Waals surface area contributed by atoms with E-state index in [9.17, 15) is 14.4 Å². The number of ether oxygens (including phenoxy) is 3. The minimum atomic E-state index is -1.35. The first-order valence-corrected chi connectivity index (χ1v) is 10.8. The van der Waals surface area contributed by atoms with E-state index >= 15 is 0 Å². The molecule has 0 radical (unpaired) electrons. The summed E-state index contributed by atoms with van der Waals surface area (Å²) in [5.41, 5.74) is -0.344. The monoisotopic (exact) mass is 475 g/mol. The van der Waals surface area contributed by atoms with E-state index in [1.165, 1.54) is 14.2 Å². The maximum atomic E-state index is 13.2. The molecule has 1 atom stereocenters. The number of nitrogens with one attached hydrogen (secondary N) is 2. The molecular weight excluding hydrogens is 450 g/mol. The molecule has 3 aromatic rings. The lowest BCUT2D eigenvalue weighted by Crippen LogP contribution is -2.42. The Kier molecular flexibility index (Phi) is 6.59.